The van der Waals surface area contributed by atoms with Gasteiger partial charge in [0.1, 0.15) is 11.5 Å². The molecule has 0 aliphatic heterocycles. The van der Waals surface area contributed by atoms with Gasteiger partial charge in [0.05, 0.1) is 12.1 Å². The number of phenols is 2. The van der Waals surface area contributed by atoms with Gasteiger partial charge in [0.15, 0.2) is 0 Å². The summed E-state index contributed by atoms with van der Waals surface area (Å²) in [4.78, 5) is 19.2. The van der Waals surface area contributed by atoms with Gasteiger partial charge < -0.3 is 27.9 Å². The van der Waals surface area contributed by atoms with Crippen molar-refractivity contribution in [2.24, 2.45) is 15.4 Å². The second-order valence-electron chi connectivity index (χ2n) is 19.7. The average Bonchev–Trinajstić information content (AvgIpc) is 3.35. The first-order valence-corrected chi connectivity index (χ1v) is 20.0. The first-order chi connectivity index (χ1) is 24.3. The van der Waals surface area contributed by atoms with Crippen molar-refractivity contribution in [3.63, 3.8) is 0 Å². The summed E-state index contributed by atoms with van der Waals surface area (Å²) < 4.78 is 0. The van der Waals surface area contributed by atoms with Crippen molar-refractivity contribution >= 4 is 18.6 Å². The van der Waals surface area contributed by atoms with E-state index in [0.717, 1.165) is 35.1 Å². The molecule has 0 saturated heterocycles. The zero-order chi connectivity index (χ0) is 40.6. The summed E-state index contributed by atoms with van der Waals surface area (Å²) in [7, 11) is 0. The molecule has 315 valence electrons. The Morgan fingerprint density at radius 3 is 1.20 bits per heavy atom. The molecule has 0 amide bonds. The molecule has 0 heterocycles. The van der Waals surface area contributed by atoms with E-state index in [1.807, 2.05) is 12.4 Å². The van der Waals surface area contributed by atoms with Gasteiger partial charge in [-0.2, -0.15) is 0 Å². The van der Waals surface area contributed by atoms with Crippen LogP contribution < -0.4 is 0 Å². The molecule has 8 heteroatoms. The van der Waals surface area contributed by atoms with E-state index in [4.69, 9.17) is 25.0 Å². The molecule has 0 spiro atoms. The first-order valence-electron chi connectivity index (χ1n) is 20.0. The predicted octanol–water partition coefficient (Wildman–Crippen LogP) is 13.2. The molecular weight excluding hydrogens is 731 g/mol. The van der Waals surface area contributed by atoms with E-state index in [9.17, 15) is 10.2 Å². The Kier molecular flexibility index (Phi) is 20.0. The van der Waals surface area contributed by atoms with E-state index in [1.165, 1.54) is 62.5 Å². The Balaban J connectivity index is 0.00000462. The third-order valence-corrected chi connectivity index (χ3v) is 10.8. The van der Waals surface area contributed by atoms with Crippen molar-refractivity contribution in [1.29, 1.82) is 0 Å². The fraction of sp³-hybridized carbons (Fsp3) is 0.660. The fourth-order valence-corrected chi connectivity index (χ4v) is 7.45. The fourth-order valence-electron chi connectivity index (χ4n) is 7.45. The molecule has 3 rings (SSSR count). The summed E-state index contributed by atoms with van der Waals surface area (Å²) in [5, 5.41) is 37.1. The molecule has 1 aliphatic carbocycles. The number of phenolic OH excluding ortho intramolecular Hbond substituents is 2. The van der Waals surface area contributed by atoms with E-state index in [2.05, 4.69) is 121 Å². The largest absolute Gasteiger partial charge is 0.507 e. The van der Waals surface area contributed by atoms with Gasteiger partial charge in [-0.3, -0.25) is 9.98 Å². The van der Waals surface area contributed by atoms with Crippen molar-refractivity contribution < 1.29 is 42.0 Å². The molecule has 1 fully saturated rings. The van der Waals surface area contributed by atoms with Crippen molar-refractivity contribution in [2.45, 2.75) is 195 Å². The van der Waals surface area contributed by atoms with Crippen LogP contribution in [0.15, 0.2) is 34.3 Å². The monoisotopic (exact) mass is 809 g/mol. The molecule has 0 bridgehead atoms. The minimum absolute atomic E-state index is 0. The standard InChI is InChI=1S/C45H72N2O2.CH2O3.CH3.Co/c1-15-17-19-21-45(22-20-18-16-2)27-37(46-29-31-23-33(41(3,4)5)25-35(39(31)48)43(9,10)11)38(28-45)47-30-32-24-34(42(6,7)8)26-36(40(32)49)44(12,13)14;2-1(3)4;;/h23-26,29-30,37-38,48-49H,15-22,27-28H2,1-14H3;(H2,2,3,4);1H3;/q;;-1;. The summed E-state index contributed by atoms with van der Waals surface area (Å²) in [6.07, 6.45) is 13.9. The van der Waals surface area contributed by atoms with E-state index >= 15 is 0 Å². The number of carboxylic acid groups (broad SMARTS) is 2. The Morgan fingerprint density at radius 2 is 0.945 bits per heavy atom. The minimum atomic E-state index is -1.83. The van der Waals surface area contributed by atoms with Crippen LogP contribution in [-0.2, 0) is 38.4 Å². The maximum atomic E-state index is 11.6. The van der Waals surface area contributed by atoms with E-state index in [1.54, 1.807) is 0 Å². The molecule has 2 unspecified atom stereocenters. The Bertz CT molecular complexity index is 1450. The van der Waals surface area contributed by atoms with Crippen LogP contribution in [-0.4, -0.2) is 51.1 Å². The Hall–Kier alpha value is -2.84. The zero-order valence-corrected chi connectivity index (χ0v) is 38.2. The summed E-state index contributed by atoms with van der Waals surface area (Å²) >= 11 is 0. The number of aliphatic imine (C=N–C) groups is 2. The second-order valence-corrected chi connectivity index (χ2v) is 19.7. The third kappa shape index (κ3) is 15.6. The van der Waals surface area contributed by atoms with Crippen molar-refractivity contribution in [2.75, 3.05) is 0 Å². The number of hydrogen-bond donors (Lipinski definition) is 4. The number of rotatable bonds is 12. The van der Waals surface area contributed by atoms with Gasteiger partial charge in [-0.05, 0) is 76.0 Å². The van der Waals surface area contributed by atoms with Crippen LogP contribution in [0.3, 0.4) is 0 Å². The zero-order valence-electron chi connectivity index (χ0n) is 37.1. The second kappa shape index (κ2) is 21.1. The van der Waals surface area contributed by atoms with Crippen molar-refractivity contribution in [1.82, 2.24) is 0 Å². The van der Waals surface area contributed by atoms with Crippen LogP contribution in [0.2, 0.25) is 0 Å². The van der Waals surface area contributed by atoms with Crippen LogP contribution in [0, 0.1) is 12.8 Å². The van der Waals surface area contributed by atoms with Gasteiger partial charge in [-0.15, -0.1) is 0 Å². The van der Waals surface area contributed by atoms with Crippen LogP contribution in [0.1, 0.15) is 195 Å². The Morgan fingerprint density at radius 1 is 0.636 bits per heavy atom. The van der Waals surface area contributed by atoms with Crippen molar-refractivity contribution in [3.05, 3.63) is 65.1 Å². The summed E-state index contributed by atoms with van der Waals surface area (Å²) in [5.74, 6) is 0.663. The van der Waals surface area contributed by atoms with Gasteiger partial charge in [0.25, 0.3) is 0 Å². The number of unbranched alkanes of at least 4 members (excludes halogenated alkanes) is 4. The molecule has 1 saturated carbocycles. The van der Waals surface area contributed by atoms with Gasteiger partial charge in [0, 0.05) is 51.5 Å². The summed E-state index contributed by atoms with van der Waals surface area (Å²) in [6, 6.07) is 8.61. The van der Waals surface area contributed by atoms with E-state index < -0.39 is 6.16 Å². The number of aromatic hydroxyl groups is 2. The molecule has 2 aromatic carbocycles. The number of benzene rings is 2. The number of hydrogen-bond acceptors (Lipinski definition) is 5. The maximum Gasteiger partial charge on any atom is 0.503 e. The molecular formula is C47H77CoN2O5-. The van der Waals surface area contributed by atoms with Crippen molar-refractivity contribution in [3.8, 4) is 11.5 Å². The van der Waals surface area contributed by atoms with Gasteiger partial charge >= 0.3 is 6.16 Å². The molecule has 2 aromatic rings. The molecule has 55 heavy (non-hydrogen) atoms. The Labute approximate surface area is 346 Å². The SMILES string of the molecule is CCCCCC1(CCCCC)CC(N=Cc2cc(C(C)(C)C)cc(C(C)(C)C)c2O)C(N=Cc2cc(C(C)(C)C)cc(C(C)(C)C)c2O)C1.O=C(O)O.[CH3-].[Co]. The first kappa shape index (κ1) is 52.2. The average molecular weight is 809 g/mol. The maximum absolute atomic E-state index is 11.6. The van der Waals surface area contributed by atoms with Gasteiger partial charge in [-0.25, -0.2) is 4.79 Å². The summed E-state index contributed by atoms with van der Waals surface area (Å²) in [5.41, 5.74) is 5.60. The van der Waals surface area contributed by atoms with Crippen LogP contribution in [0.25, 0.3) is 0 Å². The smallest absolute Gasteiger partial charge is 0.503 e. The molecule has 2 atom stereocenters. The van der Waals surface area contributed by atoms with Crippen LogP contribution in [0.5, 0.6) is 11.5 Å². The molecule has 1 aliphatic rings. The van der Waals surface area contributed by atoms with Gasteiger partial charge in [0.2, 0.25) is 0 Å². The topological polar surface area (TPSA) is 123 Å². The molecule has 7 nitrogen and oxygen atoms in total. The molecule has 0 aromatic heterocycles. The summed E-state index contributed by atoms with van der Waals surface area (Å²) in [6.45, 7) is 30.9. The van der Waals surface area contributed by atoms with Gasteiger partial charge in [-0.1, -0.05) is 148 Å². The molecule has 1 radical (unpaired) electrons. The minimum Gasteiger partial charge on any atom is -0.507 e. The van der Waals surface area contributed by atoms with Crippen LogP contribution >= 0.6 is 0 Å². The quantitative estimate of drug-likeness (QED) is 0.0966. The van der Waals surface area contributed by atoms with E-state index in [-0.39, 0.29) is 63.4 Å². The molecule has 4 N–H and O–H groups in total. The normalized spacial score (nSPS) is 17.4. The third-order valence-electron chi connectivity index (χ3n) is 10.8. The predicted molar refractivity (Wildman–Crippen MR) is 231 cm³/mol. The van der Waals surface area contributed by atoms with Crippen LogP contribution in [0.4, 0.5) is 4.79 Å². The number of nitrogens with zero attached hydrogens (tertiary/aromatic N) is 2. The van der Waals surface area contributed by atoms with E-state index in [0.29, 0.717) is 11.5 Å². The number of carbonyl (C=O) groups is 1.